The van der Waals surface area contributed by atoms with Gasteiger partial charge in [0, 0.05) is 35.3 Å². The van der Waals surface area contributed by atoms with E-state index in [4.69, 9.17) is 5.11 Å². The maximum Gasteiger partial charge on any atom is 0.573 e. The highest BCUT2D eigenvalue weighted by molar-refractivity contribution is 6.12. The van der Waals surface area contributed by atoms with Gasteiger partial charge in [0.05, 0.1) is 18.0 Å². The van der Waals surface area contributed by atoms with E-state index >= 15 is 0 Å². The van der Waals surface area contributed by atoms with Crippen LogP contribution in [0.2, 0.25) is 0 Å². The zero-order chi connectivity index (χ0) is 20.6. The first-order valence-electron chi connectivity index (χ1n) is 9.08. The van der Waals surface area contributed by atoms with Gasteiger partial charge in [0.1, 0.15) is 5.75 Å². The lowest BCUT2D eigenvalue weighted by atomic mass is 9.98. The second kappa shape index (κ2) is 7.40. The highest BCUT2D eigenvalue weighted by Gasteiger charge is 2.46. The van der Waals surface area contributed by atoms with E-state index < -0.39 is 6.36 Å². The molecule has 2 aliphatic rings. The van der Waals surface area contributed by atoms with Gasteiger partial charge in [-0.1, -0.05) is 6.07 Å². The molecule has 1 aliphatic carbocycles. The van der Waals surface area contributed by atoms with Crippen LogP contribution in [0, 0.1) is 5.92 Å². The van der Waals surface area contributed by atoms with Crippen molar-refractivity contribution >= 4 is 23.0 Å². The molecule has 0 spiro atoms. The first-order valence-corrected chi connectivity index (χ1v) is 9.08. The lowest BCUT2D eigenvalue weighted by molar-refractivity contribution is -0.274. The monoisotopic (exact) mass is 405 g/mol. The second-order valence-corrected chi connectivity index (χ2v) is 6.87. The van der Waals surface area contributed by atoms with Crippen molar-refractivity contribution in [2.24, 2.45) is 10.9 Å². The molecule has 0 aromatic heterocycles. The molecule has 1 saturated carbocycles. The van der Waals surface area contributed by atoms with Crippen molar-refractivity contribution in [3.05, 3.63) is 53.6 Å². The number of benzene rings is 2. The molecule has 0 bridgehead atoms. The van der Waals surface area contributed by atoms with Gasteiger partial charge in [-0.05, 0) is 42.8 Å². The SMILES string of the molecule is O=C(NCCO)c1ccc2c(c1)NC1CC1C2=Nc1ccc(OC(F)(F)F)cc1. The lowest BCUT2D eigenvalue weighted by Crippen LogP contribution is -2.27. The number of aliphatic hydroxyl groups excluding tert-OH is 1. The predicted molar refractivity (Wildman–Crippen MR) is 101 cm³/mol. The van der Waals surface area contributed by atoms with Crippen LogP contribution in [0.15, 0.2) is 47.5 Å². The number of aliphatic imine (C=N–C) groups is 1. The predicted octanol–water partition coefficient (Wildman–Crippen LogP) is 3.24. The molecule has 2 aromatic carbocycles. The number of nitrogens with zero attached hydrogens (tertiary/aromatic N) is 1. The number of halogens is 3. The average Bonchev–Trinajstić information content (AvgIpc) is 3.45. The molecule has 1 aliphatic heterocycles. The van der Waals surface area contributed by atoms with Crippen LogP contribution in [0.25, 0.3) is 0 Å². The van der Waals surface area contributed by atoms with Crippen molar-refractivity contribution < 1.29 is 27.8 Å². The molecular formula is C20H18F3N3O3. The molecule has 1 heterocycles. The molecule has 2 atom stereocenters. The minimum atomic E-state index is -4.73. The summed E-state index contributed by atoms with van der Waals surface area (Å²) in [4.78, 5) is 16.8. The maximum atomic E-state index is 12.3. The number of anilines is 1. The van der Waals surface area contributed by atoms with Gasteiger partial charge in [0.2, 0.25) is 0 Å². The Hall–Kier alpha value is -3.07. The number of ether oxygens (including phenoxy) is 1. The fraction of sp³-hybridized carbons (Fsp3) is 0.300. The molecule has 0 radical (unpaired) electrons. The maximum absolute atomic E-state index is 12.3. The Labute approximate surface area is 164 Å². The quantitative estimate of drug-likeness (QED) is 0.713. The molecule has 9 heteroatoms. The summed E-state index contributed by atoms with van der Waals surface area (Å²) in [7, 11) is 0. The minimum Gasteiger partial charge on any atom is -0.406 e. The van der Waals surface area contributed by atoms with E-state index in [2.05, 4.69) is 20.4 Å². The largest absolute Gasteiger partial charge is 0.573 e. The van der Waals surface area contributed by atoms with E-state index in [9.17, 15) is 18.0 Å². The van der Waals surface area contributed by atoms with Gasteiger partial charge in [-0.15, -0.1) is 13.2 Å². The molecule has 3 N–H and O–H groups in total. The van der Waals surface area contributed by atoms with Gasteiger partial charge >= 0.3 is 6.36 Å². The number of amides is 1. The van der Waals surface area contributed by atoms with Crippen LogP contribution < -0.4 is 15.4 Å². The van der Waals surface area contributed by atoms with Crippen molar-refractivity contribution in [3.8, 4) is 5.75 Å². The van der Waals surface area contributed by atoms with Gasteiger partial charge in [0.15, 0.2) is 0 Å². The van der Waals surface area contributed by atoms with Gasteiger partial charge in [-0.25, -0.2) is 0 Å². The van der Waals surface area contributed by atoms with E-state index in [1.807, 2.05) is 6.07 Å². The zero-order valence-corrected chi connectivity index (χ0v) is 15.2. The topological polar surface area (TPSA) is 83.0 Å². The van der Waals surface area contributed by atoms with E-state index in [1.165, 1.54) is 24.3 Å². The van der Waals surface area contributed by atoms with Crippen LogP contribution >= 0.6 is 0 Å². The average molecular weight is 405 g/mol. The lowest BCUT2D eigenvalue weighted by Gasteiger charge is -2.20. The minimum absolute atomic E-state index is 0.137. The number of hydrogen-bond acceptors (Lipinski definition) is 5. The number of carbonyl (C=O) groups is 1. The van der Waals surface area contributed by atoms with Crippen LogP contribution in [0.3, 0.4) is 0 Å². The summed E-state index contributed by atoms with van der Waals surface area (Å²) in [6, 6.07) is 10.9. The second-order valence-electron chi connectivity index (χ2n) is 6.87. The van der Waals surface area contributed by atoms with Crippen molar-refractivity contribution in [1.29, 1.82) is 0 Å². The number of aliphatic hydroxyl groups is 1. The molecule has 152 valence electrons. The number of alkyl halides is 3. The van der Waals surface area contributed by atoms with Gasteiger partial charge < -0.3 is 20.5 Å². The normalized spacial score (nSPS) is 21.0. The third-order valence-electron chi connectivity index (χ3n) is 4.76. The third-order valence-corrected chi connectivity index (χ3v) is 4.76. The Balaban J connectivity index is 1.59. The summed E-state index contributed by atoms with van der Waals surface area (Å²) in [5.41, 5.74) is 3.49. The van der Waals surface area contributed by atoms with Crippen LogP contribution in [0.4, 0.5) is 24.5 Å². The summed E-state index contributed by atoms with van der Waals surface area (Å²) in [6.07, 6.45) is -3.83. The van der Waals surface area contributed by atoms with Crippen LogP contribution in [0.1, 0.15) is 22.3 Å². The molecule has 1 fully saturated rings. The molecule has 2 unspecified atom stereocenters. The highest BCUT2D eigenvalue weighted by Crippen LogP contribution is 2.44. The number of rotatable bonds is 5. The molecule has 2 aromatic rings. The summed E-state index contributed by atoms with van der Waals surface area (Å²) < 4.78 is 40.8. The first kappa shape index (κ1) is 19.3. The van der Waals surface area contributed by atoms with E-state index in [-0.39, 0.29) is 36.8 Å². The van der Waals surface area contributed by atoms with Gasteiger partial charge in [0.25, 0.3) is 5.91 Å². The molecule has 6 nitrogen and oxygen atoms in total. The third kappa shape index (κ3) is 4.34. The molecule has 4 rings (SSSR count). The van der Waals surface area contributed by atoms with Crippen LogP contribution in [-0.2, 0) is 0 Å². The van der Waals surface area contributed by atoms with Gasteiger partial charge in [-0.2, -0.15) is 0 Å². The summed E-state index contributed by atoms with van der Waals surface area (Å²) in [6.45, 7) is 0.0388. The smallest absolute Gasteiger partial charge is 0.406 e. The van der Waals surface area contributed by atoms with Crippen molar-refractivity contribution in [1.82, 2.24) is 5.32 Å². The van der Waals surface area contributed by atoms with Crippen LogP contribution in [0.5, 0.6) is 5.75 Å². The molecule has 0 saturated heterocycles. The number of carbonyl (C=O) groups excluding carboxylic acids is 1. The Kier molecular flexibility index (Phi) is 4.91. The zero-order valence-electron chi connectivity index (χ0n) is 15.2. The Morgan fingerprint density at radius 3 is 2.69 bits per heavy atom. The Bertz CT molecular complexity index is 958. The Morgan fingerprint density at radius 1 is 1.24 bits per heavy atom. The first-order chi connectivity index (χ1) is 13.8. The molecule has 1 amide bonds. The van der Waals surface area contributed by atoms with Gasteiger partial charge in [-0.3, -0.25) is 9.79 Å². The summed E-state index contributed by atoms with van der Waals surface area (Å²) in [5.74, 6) is -0.349. The van der Waals surface area contributed by atoms with E-state index in [1.54, 1.807) is 12.1 Å². The number of nitrogens with one attached hydrogen (secondary N) is 2. The van der Waals surface area contributed by atoms with E-state index in [0.717, 1.165) is 23.4 Å². The number of hydrogen-bond donors (Lipinski definition) is 3. The standard InChI is InChI=1S/C20H18F3N3O3/c21-20(22,23)29-13-4-2-12(3-5-13)25-18-14-6-1-11(19(28)24-7-8-27)9-16(14)26-17-10-15(17)18/h1-6,9,15,17,26-27H,7-8,10H2,(H,24,28). The molecular weight excluding hydrogens is 387 g/mol. The van der Waals surface area contributed by atoms with Crippen molar-refractivity contribution in [2.45, 2.75) is 18.8 Å². The summed E-state index contributed by atoms with van der Waals surface area (Å²) >= 11 is 0. The summed E-state index contributed by atoms with van der Waals surface area (Å²) in [5, 5.41) is 14.8. The van der Waals surface area contributed by atoms with Crippen molar-refractivity contribution in [2.75, 3.05) is 18.5 Å². The highest BCUT2D eigenvalue weighted by atomic mass is 19.4. The van der Waals surface area contributed by atoms with Crippen molar-refractivity contribution in [3.63, 3.8) is 0 Å². The fourth-order valence-corrected chi connectivity index (χ4v) is 3.36. The Morgan fingerprint density at radius 2 is 2.00 bits per heavy atom. The van der Waals surface area contributed by atoms with Crippen LogP contribution in [-0.4, -0.2) is 42.3 Å². The van der Waals surface area contributed by atoms with E-state index in [0.29, 0.717) is 11.3 Å². The number of fused-ring (bicyclic) bond motifs is 2. The molecule has 29 heavy (non-hydrogen) atoms. The fourth-order valence-electron chi connectivity index (χ4n) is 3.36.